The molecule has 1 aliphatic rings. The second-order valence-corrected chi connectivity index (χ2v) is 6.67. The quantitative estimate of drug-likeness (QED) is 0.900. The summed E-state index contributed by atoms with van der Waals surface area (Å²) in [5.74, 6) is 0.924. The minimum absolute atomic E-state index is 0.247. The minimum Gasteiger partial charge on any atom is -0.341 e. The highest BCUT2D eigenvalue weighted by Crippen LogP contribution is 2.18. The van der Waals surface area contributed by atoms with E-state index >= 15 is 0 Å². The fourth-order valence-corrected chi connectivity index (χ4v) is 3.34. The molecule has 2 rings (SSSR count). The van der Waals surface area contributed by atoms with Gasteiger partial charge in [0, 0.05) is 24.5 Å². The van der Waals surface area contributed by atoms with Crippen LogP contribution in [0.25, 0.3) is 0 Å². The van der Waals surface area contributed by atoms with Gasteiger partial charge in [-0.15, -0.1) is 11.3 Å². The maximum Gasteiger partial charge on any atom is 0.222 e. The van der Waals surface area contributed by atoms with Gasteiger partial charge in [0.25, 0.3) is 0 Å². The number of hydrogen-bond acceptors (Lipinski definition) is 4. The Bertz CT molecular complexity index is 413. The summed E-state index contributed by atoms with van der Waals surface area (Å²) in [5.41, 5.74) is 0. The van der Waals surface area contributed by atoms with Gasteiger partial charge in [-0.25, -0.2) is 4.98 Å². The molecule has 0 spiro atoms. The molecule has 1 fully saturated rings. The molecule has 1 aromatic rings. The van der Waals surface area contributed by atoms with E-state index in [0.29, 0.717) is 18.9 Å². The van der Waals surface area contributed by atoms with E-state index in [9.17, 15) is 4.79 Å². The molecule has 0 saturated carbocycles. The van der Waals surface area contributed by atoms with Crippen molar-refractivity contribution in [1.82, 2.24) is 15.2 Å². The summed E-state index contributed by atoms with van der Waals surface area (Å²) in [5, 5.41) is 4.46. The summed E-state index contributed by atoms with van der Waals surface area (Å²) >= 11 is 1.66. The van der Waals surface area contributed by atoms with Crippen LogP contribution in [-0.2, 0) is 11.3 Å². The van der Waals surface area contributed by atoms with Crippen molar-refractivity contribution < 1.29 is 4.79 Å². The third-order valence-corrected chi connectivity index (χ3v) is 4.55. The van der Waals surface area contributed by atoms with Crippen molar-refractivity contribution in [3.8, 4) is 0 Å². The van der Waals surface area contributed by atoms with Crippen LogP contribution in [-0.4, -0.2) is 35.9 Å². The number of carbonyl (C=O) groups is 1. The lowest BCUT2D eigenvalue weighted by Crippen LogP contribution is -2.31. The molecule has 1 aromatic heterocycles. The molecular formula is C14H23N3OS. The number of nitrogens with zero attached hydrogens (tertiary/aromatic N) is 2. The standard InChI is InChI=1S/C14H23N3OS/c1-11-16-9-13(19-11)10-17(2)14(18)6-5-12-4-3-7-15-8-12/h9,12,15H,3-8,10H2,1-2H3. The van der Waals surface area contributed by atoms with Gasteiger partial charge in [0.1, 0.15) is 0 Å². The Balaban J connectivity index is 1.72. The minimum atomic E-state index is 0.247. The first-order valence-corrected chi connectivity index (χ1v) is 7.83. The Morgan fingerprint density at radius 3 is 3.11 bits per heavy atom. The number of nitrogens with one attached hydrogen (secondary N) is 1. The van der Waals surface area contributed by atoms with Crippen LogP contribution < -0.4 is 5.32 Å². The van der Waals surface area contributed by atoms with Gasteiger partial charge in [0.05, 0.1) is 11.6 Å². The highest BCUT2D eigenvalue weighted by molar-refractivity contribution is 7.11. The fraction of sp³-hybridized carbons (Fsp3) is 0.714. The monoisotopic (exact) mass is 281 g/mol. The maximum absolute atomic E-state index is 12.1. The van der Waals surface area contributed by atoms with Crippen LogP contribution in [0.15, 0.2) is 6.20 Å². The normalized spacial score (nSPS) is 19.4. The maximum atomic E-state index is 12.1. The zero-order valence-corrected chi connectivity index (χ0v) is 12.6. The van der Waals surface area contributed by atoms with E-state index in [1.807, 2.05) is 25.1 Å². The predicted molar refractivity (Wildman–Crippen MR) is 78.2 cm³/mol. The molecule has 4 nitrogen and oxygen atoms in total. The molecule has 1 atom stereocenters. The van der Waals surface area contributed by atoms with Gasteiger partial charge in [0.2, 0.25) is 5.91 Å². The van der Waals surface area contributed by atoms with E-state index in [1.54, 1.807) is 11.3 Å². The van der Waals surface area contributed by atoms with Crippen molar-refractivity contribution in [3.63, 3.8) is 0 Å². The first-order valence-electron chi connectivity index (χ1n) is 7.01. The van der Waals surface area contributed by atoms with Crippen LogP contribution in [0.3, 0.4) is 0 Å². The van der Waals surface area contributed by atoms with Crippen molar-refractivity contribution in [2.24, 2.45) is 5.92 Å². The molecule has 1 unspecified atom stereocenters. The van der Waals surface area contributed by atoms with Gasteiger partial charge in [0.15, 0.2) is 0 Å². The van der Waals surface area contributed by atoms with Gasteiger partial charge in [-0.3, -0.25) is 4.79 Å². The molecular weight excluding hydrogens is 258 g/mol. The highest BCUT2D eigenvalue weighted by atomic mass is 32.1. The fourth-order valence-electron chi connectivity index (χ4n) is 2.49. The number of carbonyl (C=O) groups excluding carboxylic acids is 1. The summed E-state index contributed by atoms with van der Waals surface area (Å²) in [6.07, 6.45) is 6.06. The van der Waals surface area contributed by atoms with Gasteiger partial charge < -0.3 is 10.2 Å². The number of rotatable bonds is 5. The molecule has 0 aromatic carbocycles. The van der Waals surface area contributed by atoms with Crippen LogP contribution in [0.1, 0.15) is 35.6 Å². The molecule has 0 aliphatic carbocycles. The van der Waals surface area contributed by atoms with Crippen LogP contribution in [0.2, 0.25) is 0 Å². The largest absolute Gasteiger partial charge is 0.341 e. The van der Waals surface area contributed by atoms with Gasteiger partial charge in [-0.05, 0) is 45.2 Å². The average molecular weight is 281 g/mol. The Labute approximate surface area is 119 Å². The number of aryl methyl sites for hydroxylation is 1. The number of piperidine rings is 1. The van der Waals surface area contributed by atoms with E-state index in [-0.39, 0.29) is 5.91 Å². The molecule has 106 valence electrons. The number of hydrogen-bond donors (Lipinski definition) is 1. The summed E-state index contributed by atoms with van der Waals surface area (Å²) in [7, 11) is 1.89. The van der Waals surface area contributed by atoms with Crippen LogP contribution >= 0.6 is 11.3 Å². The Kier molecular flexibility index (Phi) is 5.34. The summed E-state index contributed by atoms with van der Waals surface area (Å²) < 4.78 is 0. The van der Waals surface area contributed by atoms with Crippen molar-refractivity contribution in [2.45, 2.75) is 39.2 Å². The Morgan fingerprint density at radius 1 is 1.63 bits per heavy atom. The lowest BCUT2D eigenvalue weighted by atomic mass is 9.94. The van der Waals surface area contributed by atoms with E-state index in [0.717, 1.165) is 29.4 Å². The second-order valence-electron chi connectivity index (χ2n) is 5.35. The van der Waals surface area contributed by atoms with Crippen molar-refractivity contribution >= 4 is 17.2 Å². The van der Waals surface area contributed by atoms with E-state index in [1.165, 1.54) is 12.8 Å². The molecule has 1 N–H and O–H groups in total. The van der Waals surface area contributed by atoms with Gasteiger partial charge >= 0.3 is 0 Å². The molecule has 0 radical (unpaired) electrons. The molecule has 2 heterocycles. The highest BCUT2D eigenvalue weighted by Gasteiger charge is 2.16. The smallest absolute Gasteiger partial charge is 0.222 e. The predicted octanol–water partition coefficient (Wildman–Crippen LogP) is 2.19. The lowest BCUT2D eigenvalue weighted by Gasteiger charge is -2.23. The zero-order valence-electron chi connectivity index (χ0n) is 11.8. The average Bonchev–Trinajstić information content (AvgIpc) is 2.82. The summed E-state index contributed by atoms with van der Waals surface area (Å²) in [6, 6.07) is 0. The first-order chi connectivity index (χ1) is 9.15. The van der Waals surface area contributed by atoms with Crippen LogP contribution in [0, 0.1) is 12.8 Å². The van der Waals surface area contributed by atoms with Crippen LogP contribution in [0.5, 0.6) is 0 Å². The van der Waals surface area contributed by atoms with Gasteiger partial charge in [-0.2, -0.15) is 0 Å². The lowest BCUT2D eigenvalue weighted by molar-refractivity contribution is -0.130. The SMILES string of the molecule is Cc1ncc(CN(C)C(=O)CCC2CCCNC2)s1. The number of amides is 1. The molecule has 5 heteroatoms. The second kappa shape index (κ2) is 7.01. The van der Waals surface area contributed by atoms with Crippen molar-refractivity contribution in [2.75, 3.05) is 20.1 Å². The summed E-state index contributed by atoms with van der Waals surface area (Å²) in [4.78, 5) is 19.3. The van der Waals surface area contributed by atoms with Crippen molar-refractivity contribution in [3.05, 3.63) is 16.1 Å². The number of thiazole rings is 1. The number of aromatic nitrogens is 1. The molecule has 1 saturated heterocycles. The zero-order chi connectivity index (χ0) is 13.7. The third-order valence-electron chi connectivity index (χ3n) is 3.65. The topological polar surface area (TPSA) is 45.2 Å². The van der Waals surface area contributed by atoms with Crippen molar-refractivity contribution in [1.29, 1.82) is 0 Å². The third kappa shape index (κ3) is 4.58. The first kappa shape index (κ1) is 14.5. The van der Waals surface area contributed by atoms with Gasteiger partial charge in [-0.1, -0.05) is 0 Å². The van der Waals surface area contributed by atoms with E-state index < -0.39 is 0 Å². The Hall–Kier alpha value is -0.940. The van der Waals surface area contributed by atoms with E-state index in [4.69, 9.17) is 0 Å². The molecule has 0 bridgehead atoms. The summed E-state index contributed by atoms with van der Waals surface area (Å²) in [6.45, 7) is 4.89. The van der Waals surface area contributed by atoms with E-state index in [2.05, 4.69) is 10.3 Å². The molecule has 19 heavy (non-hydrogen) atoms. The van der Waals surface area contributed by atoms with Crippen LogP contribution in [0.4, 0.5) is 0 Å². The Morgan fingerprint density at radius 2 is 2.47 bits per heavy atom. The molecule has 1 aliphatic heterocycles. The molecule has 1 amide bonds.